The van der Waals surface area contributed by atoms with Gasteiger partial charge in [0.2, 0.25) is 0 Å². The van der Waals surface area contributed by atoms with Gasteiger partial charge in [0.15, 0.2) is 11.9 Å². The lowest BCUT2D eigenvalue weighted by atomic mass is 10.1. The van der Waals surface area contributed by atoms with Crippen molar-refractivity contribution in [2.24, 2.45) is 0 Å². The third kappa shape index (κ3) is 2.22. The minimum atomic E-state index is -0.596. The van der Waals surface area contributed by atoms with Gasteiger partial charge in [-0.2, -0.15) is 0 Å². The van der Waals surface area contributed by atoms with Crippen LogP contribution in [0.3, 0.4) is 0 Å². The molecule has 2 aliphatic rings. The van der Waals surface area contributed by atoms with Gasteiger partial charge in [-0.3, -0.25) is 9.59 Å². The number of hydrogen-bond donors (Lipinski definition) is 1. The van der Waals surface area contributed by atoms with Crippen LogP contribution >= 0.6 is 0 Å². The molecule has 20 heavy (non-hydrogen) atoms. The van der Waals surface area contributed by atoms with Crippen LogP contribution < -0.4 is 10.1 Å². The van der Waals surface area contributed by atoms with Gasteiger partial charge in [-0.1, -0.05) is 6.07 Å². The molecule has 106 valence electrons. The number of nitrogens with one attached hydrogen (secondary N) is 1. The topological polar surface area (TPSA) is 67.9 Å². The van der Waals surface area contributed by atoms with Gasteiger partial charge in [-0.25, -0.2) is 0 Å². The highest BCUT2D eigenvalue weighted by Gasteiger charge is 2.29. The molecule has 1 fully saturated rings. The summed E-state index contributed by atoms with van der Waals surface area (Å²) in [7, 11) is 0. The zero-order valence-electron chi connectivity index (χ0n) is 11.2. The van der Waals surface area contributed by atoms with Crippen molar-refractivity contribution in [3.05, 3.63) is 23.8 Å². The molecule has 2 heterocycles. The first-order valence-electron chi connectivity index (χ1n) is 6.64. The van der Waals surface area contributed by atoms with Gasteiger partial charge >= 0.3 is 0 Å². The van der Waals surface area contributed by atoms with Crippen molar-refractivity contribution in [2.45, 2.75) is 13.0 Å². The maximum atomic E-state index is 12.5. The Labute approximate surface area is 116 Å². The summed E-state index contributed by atoms with van der Waals surface area (Å²) >= 11 is 0. The molecule has 0 aromatic heterocycles. The molecule has 1 aromatic carbocycles. The van der Waals surface area contributed by atoms with E-state index in [0.717, 1.165) is 0 Å². The molecule has 1 atom stereocenters. The van der Waals surface area contributed by atoms with Crippen molar-refractivity contribution in [1.29, 1.82) is 0 Å². The Morgan fingerprint density at radius 3 is 2.85 bits per heavy atom. The average molecular weight is 276 g/mol. The largest absolute Gasteiger partial charge is 0.478 e. The van der Waals surface area contributed by atoms with Crippen LogP contribution in [0.25, 0.3) is 0 Å². The van der Waals surface area contributed by atoms with Crippen LogP contribution in [0.4, 0.5) is 5.69 Å². The van der Waals surface area contributed by atoms with E-state index in [0.29, 0.717) is 43.3 Å². The van der Waals surface area contributed by atoms with Crippen molar-refractivity contribution in [2.75, 3.05) is 31.6 Å². The fraction of sp³-hybridized carbons (Fsp3) is 0.429. The second-order valence-corrected chi connectivity index (χ2v) is 4.84. The number of benzene rings is 1. The maximum absolute atomic E-state index is 12.5. The Hall–Kier alpha value is -2.08. The highest BCUT2D eigenvalue weighted by molar-refractivity contribution is 6.04. The van der Waals surface area contributed by atoms with Crippen LogP contribution in [0, 0.1) is 0 Å². The number of carbonyl (C=O) groups excluding carboxylic acids is 2. The van der Waals surface area contributed by atoms with Crippen molar-refractivity contribution in [3.63, 3.8) is 0 Å². The average Bonchev–Trinajstić information content (AvgIpc) is 2.48. The molecular formula is C14H16N2O4. The first-order valence-corrected chi connectivity index (χ1v) is 6.64. The van der Waals surface area contributed by atoms with Crippen LogP contribution in [0.15, 0.2) is 18.2 Å². The Kier molecular flexibility index (Phi) is 3.31. The predicted octanol–water partition coefficient (Wildman–Crippen LogP) is 0.878. The molecular weight excluding hydrogens is 260 g/mol. The summed E-state index contributed by atoms with van der Waals surface area (Å²) in [6.45, 7) is 3.91. The molecule has 0 saturated carbocycles. The predicted molar refractivity (Wildman–Crippen MR) is 71.9 cm³/mol. The Balaban J connectivity index is 1.92. The lowest BCUT2D eigenvalue weighted by molar-refractivity contribution is -0.122. The van der Waals surface area contributed by atoms with E-state index < -0.39 is 6.10 Å². The van der Waals surface area contributed by atoms with E-state index >= 15 is 0 Å². The van der Waals surface area contributed by atoms with E-state index in [1.807, 2.05) is 0 Å². The molecule has 0 radical (unpaired) electrons. The third-order valence-electron chi connectivity index (χ3n) is 3.47. The second-order valence-electron chi connectivity index (χ2n) is 4.84. The molecule has 1 unspecified atom stereocenters. The van der Waals surface area contributed by atoms with Crippen molar-refractivity contribution >= 4 is 17.5 Å². The molecule has 0 spiro atoms. The first-order chi connectivity index (χ1) is 9.66. The molecule has 2 aliphatic heterocycles. The van der Waals surface area contributed by atoms with Crippen LogP contribution in [0.5, 0.6) is 5.75 Å². The lowest BCUT2D eigenvalue weighted by Crippen LogP contribution is -2.41. The van der Waals surface area contributed by atoms with E-state index in [2.05, 4.69) is 5.32 Å². The first kappa shape index (κ1) is 12.9. The smallest absolute Gasteiger partial charge is 0.265 e. The normalized spacial score (nSPS) is 21.8. The SMILES string of the molecule is CC1Oc2c(cccc2C(=O)N2CCOCC2)NC1=O. The Morgan fingerprint density at radius 1 is 1.35 bits per heavy atom. The van der Waals surface area contributed by atoms with E-state index in [-0.39, 0.29) is 11.8 Å². The number of carbonyl (C=O) groups is 2. The van der Waals surface area contributed by atoms with E-state index in [4.69, 9.17) is 9.47 Å². The van der Waals surface area contributed by atoms with Crippen LogP contribution in [0.1, 0.15) is 17.3 Å². The summed E-state index contributed by atoms with van der Waals surface area (Å²) in [6.07, 6.45) is -0.596. The zero-order valence-corrected chi connectivity index (χ0v) is 11.2. The summed E-state index contributed by atoms with van der Waals surface area (Å²) in [4.78, 5) is 25.9. The molecule has 2 amide bonds. The van der Waals surface area contributed by atoms with Crippen molar-refractivity contribution in [3.8, 4) is 5.75 Å². The fourth-order valence-electron chi connectivity index (χ4n) is 2.33. The summed E-state index contributed by atoms with van der Waals surface area (Å²) in [6, 6.07) is 5.20. The van der Waals surface area contributed by atoms with Gasteiger partial charge in [-0.05, 0) is 19.1 Å². The van der Waals surface area contributed by atoms with E-state index in [1.165, 1.54) is 0 Å². The minimum Gasteiger partial charge on any atom is -0.478 e. The van der Waals surface area contributed by atoms with Crippen LogP contribution in [-0.4, -0.2) is 49.1 Å². The van der Waals surface area contributed by atoms with Gasteiger partial charge < -0.3 is 19.7 Å². The van der Waals surface area contributed by atoms with Crippen LogP contribution in [-0.2, 0) is 9.53 Å². The standard InChI is InChI=1S/C14H16N2O4/c1-9-13(17)15-11-4-2-3-10(12(11)20-9)14(18)16-5-7-19-8-6-16/h2-4,9H,5-8H2,1H3,(H,15,17). The number of para-hydroxylation sites is 1. The lowest BCUT2D eigenvalue weighted by Gasteiger charge is -2.29. The number of nitrogens with zero attached hydrogens (tertiary/aromatic N) is 1. The number of amides is 2. The van der Waals surface area contributed by atoms with E-state index in [9.17, 15) is 9.59 Å². The molecule has 1 N–H and O–H groups in total. The molecule has 6 nitrogen and oxygen atoms in total. The number of morpholine rings is 1. The molecule has 0 aliphatic carbocycles. The summed E-state index contributed by atoms with van der Waals surface area (Å²) < 4.78 is 10.8. The number of ether oxygens (including phenoxy) is 2. The molecule has 6 heteroatoms. The highest BCUT2D eigenvalue weighted by Crippen LogP contribution is 2.34. The Morgan fingerprint density at radius 2 is 2.10 bits per heavy atom. The highest BCUT2D eigenvalue weighted by atomic mass is 16.5. The van der Waals surface area contributed by atoms with Gasteiger partial charge in [0.1, 0.15) is 0 Å². The van der Waals surface area contributed by atoms with Gasteiger partial charge in [0.25, 0.3) is 11.8 Å². The van der Waals surface area contributed by atoms with Crippen molar-refractivity contribution in [1.82, 2.24) is 4.90 Å². The molecule has 3 rings (SSSR count). The summed E-state index contributed by atoms with van der Waals surface area (Å²) in [5.74, 6) is 0.165. The number of rotatable bonds is 1. The van der Waals surface area contributed by atoms with Gasteiger partial charge in [0, 0.05) is 13.1 Å². The number of anilines is 1. The van der Waals surface area contributed by atoms with Gasteiger partial charge in [0.05, 0.1) is 24.5 Å². The maximum Gasteiger partial charge on any atom is 0.265 e. The van der Waals surface area contributed by atoms with Crippen molar-refractivity contribution < 1.29 is 19.1 Å². The van der Waals surface area contributed by atoms with Gasteiger partial charge in [-0.15, -0.1) is 0 Å². The fourth-order valence-corrected chi connectivity index (χ4v) is 2.33. The monoisotopic (exact) mass is 276 g/mol. The van der Waals surface area contributed by atoms with Crippen LogP contribution in [0.2, 0.25) is 0 Å². The Bertz CT molecular complexity index is 552. The molecule has 1 saturated heterocycles. The minimum absolute atomic E-state index is 0.0894. The summed E-state index contributed by atoms with van der Waals surface area (Å²) in [5, 5.41) is 2.75. The summed E-state index contributed by atoms with van der Waals surface area (Å²) in [5.41, 5.74) is 1.03. The second kappa shape index (κ2) is 5.13. The number of fused-ring (bicyclic) bond motifs is 1. The third-order valence-corrected chi connectivity index (χ3v) is 3.47. The molecule has 1 aromatic rings. The van der Waals surface area contributed by atoms with E-state index in [1.54, 1.807) is 30.0 Å². The quantitative estimate of drug-likeness (QED) is 0.826. The number of hydrogen-bond acceptors (Lipinski definition) is 4. The zero-order chi connectivity index (χ0) is 14.1. The molecule has 0 bridgehead atoms.